The van der Waals surface area contributed by atoms with E-state index in [1.165, 1.54) is 20.8 Å². The summed E-state index contributed by atoms with van der Waals surface area (Å²) in [7, 11) is 0. The van der Waals surface area contributed by atoms with E-state index >= 15 is 0 Å². The van der Waals surface area contributed by atoms with E-state index in [-0.39, 0.29) is 0 Å². The van der Waals surface area contributed by atoms with Gasteiger partial charge in [0, 0.05) is 0 Å². The lowest BCUT2D eigenvalue weighted by atomic mass is 10.2. The van der Waals surface area contributed by atoms with Crippen molar-refractivity contribution in [1.29, 1.82) is 0 Å². The van der Waals surface area contributed by atoms with E-state index in [0.717, 1.165) is 0 Å². The summed E-state index contributed by atoms with van der Waals surface area (Å²) in [5.74, 6) is 0. The van der Waals surface area contributed by atoms with E-state index in [1.54, 1.807) is 0 Å². The first-order valence-electron chi connectivity index (χ1n) is 2.48. The van der Waals surface area contributed by atoms with Crippen LogP contribution in [0.3, 0.4) is 0 Å². The summed E-state index contributed by atoms with van der Waals surface area (Å²) in [5.41, 5.74) is -1.14. The highest BCUT2D eigenvalue weighted by Crippen LogP contribution is 2.23. The van der Waals surface area contributed by atoms with Crippen molar-refractivity contribution in [3.05, 3.63) is 0 Å². The summed E-state index contributed by atoms with van der Waals surface area (Å²) >= 11 is 0. The van der Waals surface area contributed by atoms with Crippen LogP contribution in [0.1, 0.15) is 20.8 Å². The summed E-state index contributed by atoms with van der Waals surface area (Å²) < 4.78 is 37.6. The molecule has 0 rings (SSSR count). The highest BCUT2D eigenvalue weighted by molar-refractivity contribution is 4.58. The van der Waals surface area contributed by atoms with Crippen LogP contribution in [-0.2, 0) is 4.74 Å². The second-order valence-corrected chi connectivity index (χ2v) is 2.66. The van der Waals surface area contributed by atoms with Gasteiger partial charge in [-0.3, -0.25) is 4.74 Å². The molecule has 4 heteroatoms. The molecule has 1 nitrogen and oxygen atoms in total. The molecule has 0 aromatic rings. The smallest absolute Gasteiger partial charge is 0.286 e. The van der Waals surface area contributed by atoms with E-state index in [1.807, 2.05) is 0 Å². The van der Waals surface area contributed by atoms with Crippen LogP contribution < -0.4 is 0 Å². The van der Waals surface area contributed by atoms with Gasteiger partial charge in [0.2, 0.25) is 0 Å². The third-order valence-electron chi connectivity index (χ3n) is 0.422. The Morgan fingerprint density at radius 1 is 1.00 bits per heavy atom. The zero-order valence-electron chi connectivity index (χ0n) is 5.54. The number of hydrogen-bond donors (Lipinski definition) is 0. The topological polar surface area (TPSA) is 9.23 Å². The van der Waals surface area contributed by atoms with Crippen LogP contribution in [0.2, 0.25) is 0 Å². The van der Waals surface area contributed by atoms with Crippen LogP contribution in [0.15, 0.2) is 0 Å². The minimum Gasteiger partial charge on any atom is -0.286 e. The Morgan fingerprint density at radius 2 is 1.33 bits per heavy atom. The van der Waals surface area contributed by atoms with Crippen LogP contribution in [-0.4, -0.2) is 12.0 Å². The standard InChI is InChI=1S/C5H9F3O/c1-4(2,3)9-5(6,7)8/h1-3H3. The SMILES string of the molecule is CC(C)(C)OC(F)(F)F. The van der Waals surface area contributed by atoms with E-state index in [4.69, 9.17) is 0 Å². The summed E-state index contributed by atoms with van der Waals surface area (Å²) in [6, 6.07) is 0. The highest BCUT2D eigenvalue weighted by Gasteiger charge is 2.35. The van der Waals surface area contributed by atoms with Crippen molar-refractivity contribution < 1.29 is 17.9 Å². The Labute approximate surface area is 51.8 Å². The van der Waals surface area contributed by atoms with E-state index in [2.05, 4.69) is 4.74 Å². The molecule has 0 aromatic heterocycles. The first-order valence-corrected chi connectivity index (χ1v) is 2.48. The predicted molar refractivity (Wildman–Crippen MR) is 26.9 cm³/mol. The van der Waals surface area contributed by atoms with Gasteiger partial charge in [-0.2, -0.15) is 0 Å². The van der Waals surface area contributed by atoms with Gasteiger partial charge in [0.1, 0.15) is 0 Å². The maximum absolute atomic E-state index is 11.3. The van der Waals surface area contributed by atoms with Gasteiger partial charge in [-0.25, -0.2) is 0 Å². The fourth-order valence-electron chi connectivity index (χ4n) is 0.347. The average Bonchev–Trinajstić information content (AvgIpc) is 1.14. The maximum atomic E-state index is 11.3. The van der Waals surface area contributed by atoms with Crippen LogP contribution in [0.4, 0.5) is 13.2 Å². The molecule has 56 valence electrons. The fourth-order valence-corrected chi connectivity index (χ4v) is 0.347. The summed E-state index contributed by atoms with van der Waals surface area (Å²) in [6.45, 7) is 4.04. The molecule has 0 amide bonds. The van der Waals surface area contributed by atoms with Gasteiger partial charge < -0.3 is 0 Å². The lowest BCUT2D eigenvalue weighted by molar-refractivity contribution is -0.358. The third kappa shape index (κ3) is 7.75. The Morgan fingerprint density at radius 3 is 1.33 bits per heavy atom. The second kappa shape index (κ2) is 2.17. The number of alkyl halides is 3. The first kappa shape index (κ1) is 8.75. The number of hydrogen-bond acceptors (Lipinski definition) is 1. The zero-order valence-corrected chi connectivity index (χ0v) is 5.54. The van der Waals surface area contributed by atoms with Gasteiger partial charge in [-0.1, -0.05) is 0 Å². The summed E-state index contributed by atoms with van der Waals surface area (Å²) in [6.07, 6.45) is -4.52. The molecule has 0 saturated carbocycles. The van der Waals surface area contributed by atoms with Gasteiger partial charge in [-0.15, -0.1) is 13.2 Å². The predicted octanol–water partition coefficient (Wildman–Crippen LogP) is 2.32. The third-order valence-corrected chi connectivity index (χ3v) is 0.422. The number of halogens is 3. The lowest BCUT2D eigenvalue weighted by Crippen LogP contribution is -2.28. The molecule has 0 heterocycles. The molecule has 0 aliphatic heterocycles. The summed E-state index contributed by atoms with van der Waals surface area (Å²) in [5, 5.41) is 0. The van der Waals surface area contributed by atoms with Crippen LogP contribution in [0, 0.1) is 0 Å². The van der Waals surface area contributed by atoms with Crippen molar-refractivity contribution in [3.8, 4) is 0 Å². The number of ether oxygens (including phenoxy) is 1. The largest absolute Gasteiger partial charge is 0.523 e. The summed E-state index contributed by atoms with van der Waals surface area (Å²) in [4.78, 5) is 0. The van der Waals surface area contributed by atoms with E-state index < -0.39 is 12.0 Å². The first-order chi connectivity index (χ1) is 3.71. The Bertz CT molecular complexity index is 77.4. The van der Waals surface area contributed by atoms with Gasteiger partial charge in [-0.05, 0) is 20.8 Å². The van der Waals surface area contributed by atoms with Crippen molar-refractivity contribution in [3.63, 3.8) is 0 Å². The Balaban J connectivity index is 3.75. The van der Waals surface area contributed by atoms with Crippen molar-refractivity contribution in [2.45, 2.75) is 32.7 Å². The van der Waals surface area contributed by atoms with Crippen molar-refractivity contribution in [2.75, 3.05) is 0 Å². The second-order valence-electron chi connectivity index (χ2n) is 2.66. The van der Waals surface area contributed by atoms with Gasteiger partial charge in [0.15, 0.2) is 0 Å². The van der Waals surface area contributed by atoms with Crippen molar-refractivity contribution in [2.24, 2.45) is 0 Å². The molecule has 0 aliphatic rings. The minimum absolute atomic E-state index is 1.14. The van der Waals surface area contributed by atoms with Gasteiger partial charge in [0.05, 0.1) is 5.60 Å². The van der Waals surface area contributed by atoms with Crippen LogP contribution in [0.25, 0.3) is 0 Å². The molecule has 0 N–H and O–H groups in total. The van der Waals surface area contributed by atoms with Crippen molar-refractivity contribution in [1.82, 2.24) is 0 Å². The van der Waals surface area contributed by atoms with Crippen LogP contribution >= 0.6 is 0 Å². The quantitative estimate of drug-likeness (QED) is 0.504. The fraction of sp³-hybridized carbons (Fsp3) is 1.00. The highest BCUT2D eigenvalue weighted by atomic mass is 19.4. The minimum atomic E-state index is -4.52. The van der Waals surface area contributed by atoms with Gasteiger partial charge in [0.25, 0.3) is 0 Å². The molecule has 0 radical (unpaired) electrons. The molecule has 0 aliphatic carbocycles. The van der Waals surface area contributed by atoms with Crippen LogP contribution in [0.5, 0.6) is 0 Å². The van der Waals surface area contributed by atoms with Gasteiger partial charge >= 0.3 is 6.36 Å². The Hall–Kier alpha value is -0.250. The molecule has 0 unspecified atom stereocenters. The van der Waals surface area contributed by atoms with Crippen molar-refractivity contribution >= 4 is 0 Å². The van der Waals surface area contributed by atoms with E-state index in [9.17, 15) is 13.2 Å². The molecule has 0 fully saturated rings. The molecule has 0 atom stereocenters. The monoisotopic (exact) mass is 142 g/mol. The number of rotatable bonds is 0. The zero-order chi connectivity index (χ0) is 7.71. The molecule has 0 bridgehead atoms. The molecule has 0 saturated heterocycles. The lowest BCUT2D eigenvalue weighted by Gasteiger charge is -2.20. The molecular weight excluding hydrogens is 133 g/mol. The normalized spacial score (nSPS) is 14.0. The molecular formula is C5H9F3O. The molecule has 0 spiro atoms. The van der Waals surface area contributed by atoms with E-state index in [0.29, 0.717) is 0 Å². The average molecular weight is 142 g/mol. The maximum Gasteiger partial charge on any atom is 0.523 e. The molecule has 0 aromatic carbocycles. The molecule has 9 heavy (non-hydrogen) atoms. The Kier molecular flexibility index (Phi) is 2.11.